The molecule has 9 heteroatoms. The Morgan fingerprint density at radius 1 is 0.593 bits per heavy atom. The van der Waals surface area contributed by atoms with Crippen molar-refractivity contribution in [2.45, 2.75) is 95.3 Å². The van der Waals surface area contributed by atoms with Crippen LogP contribution in [0.1, 0.15) is 95.3 Å². The number of carbonyl (C=O) groups is 2. The van der Waals surface area contributed by atoms with E-state index in [2.05, 4.69) is 107 Å². The Labute approximate surface area is 346 Å². The fourth-order valence-corrected chi connectivity index (χ4v) is 9.28. The molecular weight excluding hydrogens is 739 g/mol. The summed E-state index contributed by atoms with van der Waals surface area (Å²) >= 11 is 0. The van der Waals surface area contributed by atoms with Gasteiger partial charge in [-0.2, -0.15) is 0 Å². The van der Waals surface area contributed by atoms with Gasteiger partial charge in [-0.1, -0.05) is 59.7 Å². The number of Topliss-reactive ketones (excluding diaryl/α,β-unsaturated/α-hetero) is 1. The molecule has 0 radical (unpaired) electrons. The average molecular weight is 794 g/mol. The summed E-state index contributed by atoms with van der Waals surface area (Å²) < 4.78 is 26.4. The minimum absolute atomic E-state index is 0.0626. The number of aromatic nitrogens is 2. The minimum Gasteiger partial charge on any atom is -0.454 e. The lowest BCUT2D eigenvalue weighted by atomic mass is 9.87. The molecule has 0 atom stereocenters. The van der Waals surface area contributed by atoms with Gasteiger partial charge in [-0.15, -0.1) is 0 Å². The molecule has 4 aromatic carbocycles. The number of hydrogen-bond donors (Lipinski definition) is 0. The van der Waals surface area contributed by atoms with E-state index in [-0.39, 0.29) is 35.7 Å². The van der Waals surface area contributed by atoms with Crippen LogP contribution in [0.4, 0.5) is 5.69 Å². The summed E-state index contributed by atoms with van der Waals surface area (Å²) in [4.78, 5) is 28.6. The number of fused-ring (bicyclic) bond motifs is 4. The highest BCUT2D eigenvalue weighted by Crippen LogP contribution is 2.53. The molecule has 306 valence electrons. The quantitative estimate of drug-likeness (QED) is 0.160. The van der Waals surface area contributed by atoms with Crippen LogP contribution in [0.3, 0.4) is 0 Å². The summed E-state index contributed by atoms with van der Waals surface area (Å²) in [5.74, 6) is 3.42. The van der Waals surface area contributed by atoms with Crippen molar-refractivity contribution in [2.24, 2.45) is 14.1 Å². The van der Waals surface area contributed by atoms with Gasteiger partial charge in [-0.25, -0.2) is 0 Å². The van der Waals surface area contributed by atoms with Crippen LogP contribution in [0.25, 0.3) is 21.8 Å². The lowest BCUT2D eigenvalue weighted by Gasteiger charge is -2.24. The van der Waals surface area contributed by atoms with Crippen molar-refractivity contribution in [2.75, 3.05) is 25.5 Å². The molecule has 2 saturated carbocycles. The van der Waals surface area contributed by atoms with Gasteiger partial charge in [-0.05, 0) is 109 Å². The van der Waals surface area contributed by atoms with E-state index >= 15 is 0 Å². The second kappa shape index (κ2) is 13.7. The molecule has 0 N–H and O–H groups in total. The maximum absolute atomic E-state index is 13.5. The van der Waals surface area contributed by atoms with Crippen molar-refractivity contribution in [3.8, 4) is 23.0 Å². The number of carbonyl (C=O) groups excluding carboxylic acids is 2. The van der Waals surface area contributed by atoms with Gasteiger partial charge in [0.1, 0.15) is 5.78 Å². The molecule has 1 amide bonds. The molecular formula is C50H55N3O6. The fourth-order valence-electron chi connectivity index (χ4n) is 9.28. The third-order valence-corrected chi connectivity index (χ3v) is 13.0. The van der Waals surface area contributed by atoms with E-state index in [0.717, 1.165) is 76.4 Å². The highest BCUT2D eigenvalue weighted by molar-refractivity contribution is 6.04. The number of aryl methyl sites for hydroxylation is 2. The van der Waals surface area contributed by atoms with Crippen LogP contribution in [0, 0.1) is 0 Å². The van der Waals surface area contributed by atoms with Crippen LogP contribution in [-0.2, 0) is 51.8 Å². The number of hydrogen-bond acceptors (Lipinski definition) is 6. The van der Waals surface area contributed by atoms with E-state index in [4.69, 9.17) is 18.9 Å². The first-order valence-corrected chi connectivity index (χ1v) is 20.8. The van der Waals surface area contributed by atoms with E-state index in [1.165, 1.54) is 27.8 Å². The van der Waals surface area contributed by atoms with E-state index in [1.54, 1.807) is 4.90 Å². The Balaban J connectivity index is 0.000000152. The third-order valence-electron chi connectivity index (χ3n) is 13.0. The Morgan fingerprint density at radius 2 is 1.07 bits per heavy atom. The van der Waals surface area contributed by atoms with Gasteiger partial charge in [0.2, 0.25) is 19.5 Å². The Morgan fingerprint density at radius 3 is 1.58 bits per heavy atom. The fraction of sp³-hybridized carbons (Fsp3) is 0.400. The monoisotopic (exact) mass is 793 g/mol. The third kappa shape index (κ3) is 6.72. The molecule has 10 rings (SSSR count). The van der Waals surface area contributed by atoms with Crippen molar-refractivity contribution < 1.29 is 28.5 Å². The molecule has 2 fully saturated rings. The summed E-state index contributed by atoms with van der Waals surface area (Å²) in [5, 5.41) is 2.36. The number of likely N-dealkylation sites (N-methyl/N-ethyl adjacent to an activating group) is 1. The number of amides is 1. The summed E-state index contributed by atoms with van der Waals surface area (Å²) in [7, 11) is 6.10. The van der Waals surface area contributed by atoms with Crippen LogP contribution >= 0.6 is 0 Å². The second-order valence-corrected chi connectivity index (χ2v) is 19.1. The topological polar surface area (TPSA) is 84.2 Å². The molecule has 2 aliphatic heterocycles. The Hall–Kier alpha value is -5.70. The largest absolute Gasteiger partial charge is 0.454 e. The van der Waals surface area contributed by atoms with E-state index in [1.807, 2.05) is 49.5 Å². The SMILES string of the molecule is CN(C(=O)C1(c2ccc3c(c2)OCO3)CC1)c1ccc2c(c1)cc(C(C)(C)C)n2C.Cn1c(C(C)(C)C)cc2cc(CC(=O)C3(c4ccc5c(c4)OCO5)CC3)ccc21. The Bertz CT molecular complexity index is 2660. The lowest BCUT2D eigenvalue weighted by molar-refractivity contribution is -0.121. The second-order valence-electron chi connectivity index (χ2n) is 19.1. The first kappa shape index (κ1) is 38.8. The number of nitrogens with zero attached hydrogens (tertiary/aromatic N) is 3. The van der Waals surface area contributed by atoms with Crippen molar-refractivity contribution in [1.29, 1.82) is 0 Å². The highest BCUT2D eigenvalue weighted by Gasteiger charge is 2.53. The number of ketones is 1. The van der Waals surface area contributed by atoms with Gasteiger partial charge in [0.15, 0.2) is 23.0 Å². The van der Waals surface area contributed by atoms with Crippen LogP contribution in [-0.4, -0.2) is 41.5 Å². The van der Waals surface area contributed by atoms with Crippen molar-refractivity contribution >= 4 is 39.2 Å². The summed E-state index contributed by atoms with van der Waals surface area (Å²) in [6.45, 7) is 13.9. The van der Waals surface area contributed by atoms with Gasteiger partial charge in [0.05, 0.1) is 10.8 Å². The molecule has 0 saturated heterocycles. The minimum atomic E-state index is -0.460. The standard InChI is InChI=1S/C25H28N2O3.C25H27NO3/c1-24(2,3)22-13-16-12-18(7-8-19(16)27(22)5)26(4)23(28)25(10-11-25)17-6-9-20-21(14-17)30-15-29-20;1-24(2,3)22-13-17-11-16(5-7-19(17)26(22)4)12-23(27)25(9-10-25)18-6-8-20-21(14-18)29-15-28-20/h6-9,12-14H,10-11,15H2,1-5H3;5-8,11,13-14H,9-10,12,15H2,1-4H3. The maximum Gasteiger partial charge on any atom is 0.237 e. The summed E-state index contributed by atoms with van der Waals surface area (Å²) in [6, 6.07) is 29.0. The zero-order valence-electron chi connectivity index (χ0n) is 35.8. The van der Waals surface area contributed by atoms with E-state index in [9.17, 15) is 9.59 Å². The van der Waals surface area contributed by atoms with Crippen LogP contribution in [0.15, 0.2) is 84.9 Å². The average Bonchev–Trinajstić information content (AvgIpc) is 3.98. The first-order valence-electron chi connectivity index (χ1n) is 20.8. The zero-order valence-corrected chi connectivity index (χ0v) is 35.8. The van der Waals surface area contributed by atoms with Gasteiger partial charge in [-0.3, -0.25) is 9.59 Å². The highest BCUT2D eigenvalue weighted by atomic mass is 16.7. The molecule has 0 unspecified atom stereocenters. The molecule has 2 aliphatic carbocycles. The summed E-state index contributed by atoms with van der Waals surface area (Å²) in [6.07, 6.45) is 4.00. The molecule has 2 aromatic heterocycles. The number of rotatable bonds is 7. The normalized spacial score (nSPS) is 16.8. The molecule has 4 heterocycles. The van der Waals surface area contributed by atoms with Crippen LogP contribution in [0.5, 0.6) is 23.0 Å². The van der Waals surface area contributed by atoms with Crippen LogP contribution in [0.2, 0.25) is 0 Å². The molecule has 9 nitrogen and oxygen atoms in total. The molecule has 6 aromatic rings. The maximum atomic E-state index is 13.5. The Kier molecular flexibility index (Phi) is 9.00. The zero-order chi connectivity index (χ0) is 41.6. The smallest absolute Gasteiger partial charge is 0.237 e. The number of anilines is 1. The number of ether oxygens (including phenoxy) is 4. The molecule has 0 bridgehead atoms. The van der Waals surface area contributed by atoms with Crippen molar-refractivity contribution in [1.82, 2.24) is 9.13 Å². The van der Waals surface area contributed by atoms with Gasteiger partial charge < -0.3 is 33.0 Å². The molecule has 0 spiro atoms. The lowest BCUT2D eigenvalue weighted by Crippen LogP contribution is -2.36. The van der Waals surface area contributed by atoms with Crippen LogP contribution < -0.4 is 23.8 Å². The number of benzene rings is 4. The van der Waals surface area contributed by atoms with Gasteiger partial charge in [0.25, 0.3) is 0 Å². The van der Waals surface area contributed by atoms with E-state index in [0.29, 0.717) is 12.2 Å². The van der Waals surface area contributed by atoms with Gasteiger partial charge in [0, 0.05) is 77.3 Å². The van der Waals surface area contributed by atoms with Crippen molar-refractivity contribution in [3.63, 3.8) is 0 Å². The summed E-state index contributed by atoms with van der Waals surface area (Å²) in [5.41, 5.74) is 8.38. The van der Waals surface area contributed by atoms with Gasteiger partial charge >= 0.3 is 0 Å². The predicted octanol–water partition coefficient (Wildman–Crippen LogP) is 9.95. The molecule has 4 aliphatic rings. The molecule has 59 heavy (non-hydrogen) atoms. The predicted molar refractivity (Wildman–Crippen MR) is 232 cm³/mol. The van der Waals surface area contributed by atoms with E-state index < -0.39 is 5.41 Å². The first-order chi connectivity index (χ1) is 28.0. The van der Waals surface area contributed by atoms with Crippen molar-refractivity contribution in [3.05, 3.63) is 113 Å².